The number of aryl methyl sites for hydroxylation is 2. The molecule has 4 aromatic heterocycles. The predicted molar refractivity (Wildman–Crippen MR) is 249 cm³/mol. The number of hydrogen-bond acceptors (Lipinski definition) is 9. The van der Waals surface area contributed by atoms with Crippen LogP contribution in [0.25, 0.3) is 22.1 Å². The molecular weight excluding hydrogens is 935 g/mol. The van der Waals surface area contributed by atoms with Crippen LogP contribution in [0.2, 0.25) is 0 Å². The Balaban J connectivity index is 0.000000162. The van der Waals surface area contributed by atoms with Gasteiger partial charge in [0.25, 0.3) is 5.91 Å². The summed E-state index contributed by atoms with van der Waals surface area (Å²) in [6.45, 7) is 5.03. The number of fused-ring (bicyclic) bond motifs is 2. The number of nitrogens with zero attached hydrogens (tertiary/aromatic N) is 4. The Bertz CT molecular complexity index is 2970. The van der Waals surface area contributed by atoms with Crippen LogP contribution in [0.3, 0.4) is 0 Å². The van der Waals surface area contributed by atoms with E-state index in [1.54, 1.807) is 29.2 Å². The quantitative estimate of drug-likeness (QED) is 0.0745. The molecular formula is C52H54F6N6O7. The number of pyridine rings is 2. The fraction of sp³-hybridized carbons (Fsp3) is 0.423. The van der Waals surface area contributed by atoms with Crippen molar-refractivity contribution in [2.45, 2.75) is 115 Å². The van der Waals surface area contributed by atoms with Gasteiger partial charge in [0, 0.05) is 59.7 Å². The minimum absolute atomic E-state index is 0.0624. The zero-order chi connectivity index (χ0) is 51.3. The number of esters is 2. The first-order chi connectivity index (χ1) is 33.5. The van der Waals surface area contributed by atoms with Gasteiger partial charge in [-0.1, -0.05) is 24.3 Å². The van der Waals surface area contributed by atoms with Crippen LogP contribution in [0.4, 0.5) is 26.3 Å². The van der Waals surface area contributed by atoms with Crippen molar-refractivity contribution in [1.82, 2.24) is 24.4 Å². The van der Waals surface area contributed by atoms with Crippen molar-refractivity contribution in [1.29, 1.82) is 0 Å². The highest BCUT2D eigenvalue weighted by Crippen LogP contribution is 2.69. The smallest absolute Gasteiger partial charge is 0.416 e. The Morgan fingerprint density at radius 3 is 1.41 bits per heavy atom. The number of aromatic carboxylic acids is 1. The second kappa shape index (κ2) is 18.8. The number of methoxy groups -OCH3 is 2. The molecule has 2 aromatic carbocycles. The molecule has 13 nitrogen and oxygen atoms in total. The largest absolute Gasteiger partial charge is 0.478 e. The molecule has 6 fully saturated rings. The van der Waals surface area contributed by atoms with E-state index in [0.717, 1.165) is 68.4 Å². The topological polar surface area (TPSA) is 181 Å². The molecule has 19 heteroatoms. The molecule has 4 heterocycles. The van der Waals surface area contributed by atoms with Gasteiger partial charge in [0.15, 0.2) is 0 Å². The number of amides is 1. The molecule has 12 rings (SSSR count). The average Bonchev–Trinajstić information content (AvgIpc) is 3.87. The molecule has 6 aromatic rings. The van der Waals surface area contributed by atoms with Crippen LogP contribution in [0, 0.1) is 10.8 Å². The van der Waals surface area contributed by atoms with Crippen LogP contribution in [0.15, 0.2) is 85.5 Å². The molecule has 6 aliphatic rings. The maximum Gasteiger partial charge on any atom is 0.416 e. The van der Waals surface area contributed by atoms with Gasteiger partial charge in [-0.2, -0.15) is 26.3 Å². The maximum atomic E-state index is 13.4. The minimum atomic E-state index is -4.39. The number of halogens is 6. The number of carbonyl (C=O) groups is 4. The Morgan fingerprint density at radius 2 is 1.04 bits per heavy atom. The van der Waals surface area contributed by atoms with Gasteiger partial charge < -0.3 is 34.8 Å². The molecule has 376 valence electrons. The molecule has 0 radical (unpaired) electrons. The molecule has 0 saturated heterocycles. The number of ether oxygens (including phenoxy) is 2. The number of carboxylic acids is 1. The van der Waals surface area contributed by atoms with Crippen LogP contribution in [-0.2, 0) is 57.3 Å². The lowest BCUT2D eigenvalue weighted by Gasteiger charge is -2.70. The second-order valence-corrected chi connectivity index (χ2v) is 19.7. The number of benzene rings is 2. The standard InChI is InChI=1S/C26H26F3N3O3.C18H15F3N2O2.C8H13NO2/c1-3-32-12-19(23(34)31-25-13-24(14-25,15-25)11-20(33)35-2)21-17(8-9-30-22(21)32)10-16-4-6-18(7-5-16)26(27,28)29;1-2-23-10-14(17(24)25)15-12(7-8-22-16(15)23)9-11-3-5-13(6-4-11)18(19,20)21;1-11-6(10)2-7-3-8(9,4-7)5-7/h4-9,12H,3,10-11,13-15H2,1-2H3,(H,31,34);3-8,10H,2,9H2,1H3,(H,24,25);2-5,9H2,1H3. The minimum Gasteiger partial charge on any atom is -0.478 e. The molecule has 0 atom stereocenters. The average molecular weight is 989 g/mol. The second-order valence-electron chi connectivity index (χ2n) is 19.7. The first-order valence-corrected chi connectivity index (χ1v) is 23.2. The number of aromatic nitrogens is 4. The third kappa shape index (κ3) is 10.2. The van der Waals surface area contributed by atoms with Gasteiger partial charge >= 0.3 is 30.3 Å². The van der Waals surface area contributed by atoms with Gasteiger partial charge in [-0.3, -0.25) is 14.4 Å². The number of hydrogen-bond donors (Lipinski definition) is 3. The summed E-state index contributed by atoms with van der Waals surface area (Å²) in [4.78, 5) is 56.2. The van der Waals surface area contributed by atoms with Gasteiger partial charge in [-0.15, -0.1) is 0 Å². The molecule has 71 heavy (non-hydrogen) atoms. The summed E-state index contributed by atoms with van der Waals surface area (Å²) < 4.78 is 89.8. The molecule has 0 aliphatic heterocycles. The molecule has 0 unspecified atom stereocenters. The third-order valence-electron chi connectivity index (χ3n) is 14.4. The summed E-state index contributed by atoms with van der Waals surface area (Å²) in [5.74, 6) is -1.57. The fourth-order valence-corrected chi connectivity index (χ4v) is 11.4. The molecule has 1 amide bonds. The van der Waals surface area contributed by atoms with Crippen molar-refractivity contribution >= 4 is 45.9 Å². The third-order valence-corrected chi connectivity index (χ3v) is 14.4. The van der Waals surface area contributed by atoms with E-state index in [0.29, 0.717) is 83.1 Å². The van der Waals surface area contributed by atoms with Crippen LogP contribution in [-0.4, -0.2) is 73.3 Å². The SMILES string of the molecule is CCn1cc(C(=O)NC23CC(CC(=O)OC)(C2)C3)c2c(Cc3ccc(C(F)(F)F)cc3)ccnc21.CCn1cc(C(=O)O)c2c(Cc3ccc(C(F)(F)F)cc3)ccnc21.COC(=O)CC12CC(N)(C1)C2. The Labute approximate surface area is 404 Å². The fourth-order valence-electron chi connectivity index (χ4n) is 11.4. The zero-order valence-electron chi connectivity index (χ0n) is 39.6. The van der Waals surface area contributed by atoms with Crippen molar-refractivity contribution in [3.63, 3.8) is 0 Å². The monoisotopic (exact) mass is 988 g/mol. The first-order valence-electron chi connectivity index (χ1n) is 23.2. The van der Waals surface area contributed by atoms with Crippen molar-refractivity contribution in [3.8, 4) is 0 Å². The molecule has 6 saturated carbocycles. The highest BCUT2D eigenvalue weighted by atomic mass is 19.4. The van der Waals surface area contributed by atoms with E-state index in [2.05, 4.69) is 20.0 Å². The van der Waals surface area contributed by atoms with Crippen molar-refractivity contribution in [2.24, 2.45) is 16.6 Å². The van der Waals surface area contributed by atoms with Crippen molar-refractivity contribution in [2.75, 3.05) is 14.2 Å². The lowest BCUT2D eigenvalue weighted by atomic mass is 9.38. The Hall–Kier alpha value is -6.76. The maximum absolute atomic E-state index is 13.4. The summed E-state index contributed by atoms with van der Waals surface area (Å²) in [6, 6.07) is 13.5. The molecule has 4 bridgehead atoms. The summed E-state index contributed by atoms with van der Waals surface area (Å²) in [5.41, 5.74) is 9.24. The predicted octanol–water partition coefficient (Wildman–Crippen LogP) is 9.68. The van der Waals surface area contributed by atoms with E-state index >= 15 is 0 Å². The van der Waals surface area contributed by atoms with Gasteiger partial charge in [0.1, 0.15) is 11.3 Å². The van der Waals surface area contributed by atoms with Crippen LogP contribution in [0.1, 0.15) is 119 Å². The summed E-state index contributed by atoms with van der Waals surface area (Å²) in [7, 11) is 2.82. The molecule has 4 N–H and O–H groups in total. The Kier molecular flexibility index (Phi) is 13.4. The van der Waals surface area contributed by atoms with Gasteiger partial charge in [0.2, 0.25) is 0 Å². The van der Waals surface area contributed by atoms with Crippen molar-refractivity contribution in [3.05, 3.63) is 130 Å². The van der Waals surface area contributed by atoms with E-state index in [9.17, 15) is 50.6 Å². The summed E-state index contributed by atoms with van der Waals surface area (Å²) in [6.07, 6.45) is 4.78. The van der Waals surface area contributed by atoms with E-state index in [1.165, 1.54) is 44.7 Å². The summed E-state index contributed by atoms with van der Waals surface area (Å²) >= 11 is 0. The first kappa shape index (κ1) is 50.6. The lowest BCUT2D eigenvalue weighted by Crippen LogP contribution is -2.75. The number of carbonyl (C=O) groups excluding carboxylic acids is 3. The Morgan fingerprint density at radius 1 is 0.648 bits per heavy atom. The van der Waals surface area contributed by atoms with E-state index in [1.807, 2.05) is 24.5 Å². The number of rotatable bonds is 13. The lowest BCUT2D eigenvalue weighted by molar-refractivity contribution is -0.175. The normalized spacial score (nSPS) is 22.5. The summed E-state index contributed by atoms with van der Waals surface area (Å²) in [5, 5.41) is 13.9. The zero-order valence-corrected chi connectivity index (χ0v) is 39.6. The highest BCUT2D eigenvalue weighted by molar-refractivity contribution is 6.08. The van der Waals surface area contributed by atoms with Gasteiger partial charge in [-0.05, 0) is 135 Å². The van der Waals surface area contributed by atoms with E-state index in [-0.39, 0.29) is 45.3 Å². The van der Waals surface area contributed by atoms with E-state index in [4.69, 9.17) is 10.5 Å². The van der Waals surface area contributed by atoms with Crippen molar-refractivity contribution < 1.29 is 60.1 Å². The van der Waals surface area contributed by atoms with Gasteiger partial charge in [0.05, 0.1) is 49.3 Å². The number of nitrogens with one attached hydrogen (secondary N) is 1. The van der Waals surface area contributed by atoms with Crippen LogP contribution in [0.5, 0.6) is 0 Å². The van der Waals surface area contributed by atoms with E-state index < -0.39 is 29.4 Å². The molecule has 6 aliphatic carbocycles. The number of nitrogens with two attached hydrogens (primary N) is 1. The molecule has 0 spiro atoms. The van der Waals surface area contributed by atoms with Gasteiger partial charge in [-0.25, -0.2) is 14.8 Å². The van der Waals surface area contributed by atoms with Crippen LogP contribution >= 0.6 is 0 Å². The number of carboxylic acid groups (broad SMARTS) is 1. The number of alkyl halides is 6. The van der Waals surface area contributed by atoms with Crippen LogP contribution < -0.4 is 11.1 Å². The highest BCUT2D eigenvalue weighted by Gasteiger charge is 2.69.